The zero-order valence-electron chi connectivity index (χ0n) is 29.1. The van der Waals surface area contributed by atoms with Gasteiger partial charge in [0.25, 0.3) is 0 Å². The third kappa shape index (κ3) is 3.99. The summed E-state index contributed by atoms with van der Waals surface area (Å²) in [6.45, 7) is 4.84. The minimum Gasteiger partial charge on any atom is -0.456 e. The predicted molar refractivity (Wildman–Crippen MR) is 220 cm³/mol. The van der Waals surface area contributed by atoms with Crippen molar-refractivity contribution in [2.75, 3.05) is 0 Å². The van der Waals surface area contributed by atoms with Crippen LogP contribution in [0.15, 0.2) is 174 Å². The molecule has 1 aliphatic rings. The van der Waals surface area contributed by atoms with Crippen LogP contribution in [0.5, 0.6) is 0 Å². The molecule has 0 atom stereocenters. The molecule has 9 aromatic carbocycles. The van der Waals surface area contributed by atoms with Gasteiger partial charge in [0.2, 0.25) is 0 Å². The van der Waals surface area contributed by atoms with Gasteiger partial charge in [-0.2, -0.15) is 0 Å². The lowest BCUT2D eigenvalue weighted by Crippen LogP contribution is -2.17. The van der Waals surface area contributed by atoms with E-state index in [4.69, 9.17) is 4.42 Å². The van der Waals surface area contributed by atoms with Crippen molar-refractivity contribution in [2.24, 2.45) is 0 Å². The SMILES string of the molecule is CC1(C)c2c(cccc2-c2c3ccccc3c(-c3ccccc3-c3ccc4oc5ccccc5c4c3)c3ccccc23)-c2ccc3ccccc3c21. The second-order valence-electron chi connectivity index (χ2n) is 14.8. The Bertz CT molecular complexity index is 3040. The van der Waals surface area contributed by atoms with Crippen LogP contribution in [-0.2, 0) is 5.41 Å². The van der Waals surface area contributed by atoms with Crippen LogP contribution in [0.1, 0.15) is 25.0 Å². The second kappa shape index (κ2) is 10.8. The number of benzene rings is 9. The monoisotopic (exact) mass is 662 g/mol. The molecular weight excluding hydrogens is 629 g/mol. The zero-order valence-corrected chi connectivity index (χ0v) is 29.1. The summed E-state index contributed by atoms with van der Waals surface area (Å²) in [6, 6.07) is 62.4. The number of para-hydroxylation sites is 1. The summed E-state index contributed by atoms with van der Waals surface area (Å²) in [7, 11) is 0. The van der Waals surface area contributed by atoms with Crippen LogP contribution in [0.3, 0.4) is 0 Å². The third-order valence-electron chi connectivity index (χ3n) is 11.6. The average Bonchev–Trinajstić information content (AvgIpc) is 3.68. The highest BCUT2D eigenvalue weighted by Crippen LogP contribution is 2.56. The van der Waals surface area contributed by atoms with E-state index in [1.807, 2.05) is 12.1 Å². The highest BCUT2D eigenvalue weighted by molar-refractivity contribution is 6.23. The van der Waals surface area contributed by atoms with Crippen molar-refractivity contribution in [3.8, 4) is 44.5 Å². The summed E-state index contributed by atoms with van der Waals surface area (Å²) in [6.07, 6.45) is 0. The van der Waals surface area contributed by atoms with Crippen molar-refractivity contribution in [2.45, 2.75) is 19.3 Å². The molecule has 0 spiro atoms. The third-order valence-corrected chi connectivity index (χ3v) is 11.6. The van der Waals surface area contributed by atoms with Crippen molar-refractivity contribution >= 4 is 54.3 Å². The molecule has 11 rings (SSSR count). The van der Waals surface area contributed by atoms with Gasteiger partial charge < -0.3 is 4.42 Å². The molecule has 1 aromatic heterocycles. The Morgan fingerprint density at radius 3 is 1.60 bits per heavy atom. The minimum atomic E-state index is -0.189. The van der Waals surface area contributed by atoms with Gasteiger partial charge in [0.1, 0.15) is 11.2 Å². The van der Waals surface area contributed by atoms with Gasteiger partial charge in [0, 0.05) is 16.2 Å². The van der Waals surface area contributed by atoms with Crippen molar-refractivity contribution in [3.63, 3.8) is 0 Å². The summed E-state index contributed by atoms with van der Waals surface area (Å²) in [5.41, 5.74) is 14.7. The summed E-state index contributed by atoms with van der Waals surface area (Å²) in [5.74, 6) is 0. The van der Waals surface area contributed by atoms with Gasteiger partial charge in [0.15, 0.2) is 0 Å². The fourth-order valence-electron chi connectivity index (χ4n) is 9.51. The maximum absolute atomic E-state index is 6.22. The topological polar surface area (TPSA) is 13.1 Å². The van der Waals surface area contributed by atoms with Crippen LogP contribution < -0.4 is 0 Å². The average molecular weight is 663 g/mol. The van der Waals surface area contributed by atoms with Gasteiger partial charge in [-0.15, -0.1) is 0 Å². The van der Waals surface area contributed by atoms with Crippen LogP contribution in [-0.4, -0.2) is 0 Å². The largest absolute Gasteiger partial charge is 0.456 e. The maximum atomic E-state index is 6.22. The molecule has 0 radical (unpaired) electrons. The molecule has 0 aliphatic heterocycles. The molecule has 10 aromatic rings. The summed E-state index contributed by atoms with van der Waals surface area (Å²) >= 11 is 0. The van der Waals surface area contributed by atoms with Gasteiger partial charge in [-0.1, -0.05) is 166 Å². The molecule has 0 N–H and O–H groups in total. The number of fused-ring (bicyclic) bond motifs is 10. The first-order valence-electron chi connectivity index (χ1n) is 18.2. The Kier molecular flexibility index (Phi) is 6.08. The molecule has 0 saturated heterocycles. The van der Waals surface area contributed by atoms with E-state index in [-0.39, 0.29) is 5.41 Å². The molecule has 0 fully saturated rings. The second-order valence-corrected chi connectivity index (χ2v) is 14.8. The Balaban J connectivity index is 1.19. The van der Waals surface area contributed by atoms with E-state index in [9.17, 15) is 0 Å². The molecule has 1 aliphatic carbocycles. The highest BCUT2D eigenvalue weighted by atomic mass is 16.3. The fourth-order valence-corrected chi connectivity index (χ4v) is 9.51. The zero-order chi connectivity index (χ0) is 34.6. The summed E-state index contributed by atoms with van der Waals surface area (Å²) < 4.78 is 6.22. The van der Waals surface area contributed by atoms with Crippen LogP contribution >= 0.6 is 0 Å². The number of furan rings is 1. The quantitative estimate of drug-likeness (QED) is 0.172. The molecule has 0 bridgehead atoms. The molecule has 1 heterocycles. The van der Waals surface area contributed by atoms with Gasteiger partial charge >= 0.3 is 0 Å². The van der Waals surface area contributed by atoms with Gasteiger partial charge in [-0.05, 0) is 106 Å². The van der Waals surface area contributed by atoms with E-state index < -0.39 is 0 Å². The van der Waals surface area contributed by atoms with E-state index in [1.165, 1.54) is 88.0 Å². The minimum absolute atomic E-state index is 0.189. The van der Waals surface area contributed by atoms with E-state index >= 15 is 0 Å². The highest BCUT2D eigenvalue weighted by Gasteiger charge is 2.39. The van der Waals surface area contributed by atoms with Crippen molar-refractivity contribution in [3.05, 3.63) is 181 Å². The van der Waals surface area contributed by atoms with E-state index in [1.54, 1.807) is 0 Å². The lowest BCUT2D eigenvalue weighted by Gasteiger charge is -2.27. The van der Waals surface area contributed by atoms with E-state index in [0.717, 1.165) is 21.9 Å². The first kappa shape index (κ1) is 29.3. The molecule has 0 saturated carbocycles. The van der Waals surface area contributed by atoms with Crippen LogP contribution in [0, 0.1) is 0 Å². The lowest BCUT2D eigenvalue weighted by atomic mass is 9.75. The van der Waals surface area contributed by atoms with E-state index in [2.05, 4.69) is 172 Å². The molecule has 1 heteroatoms. The smallest absolute Gasteiger partial charge is 0.135 e. The maximum Gasteiger partial charge on any atom is 0.135 e. The van der Waals surface area contributed by atoms with E-state index in [0.29, 0.717) is 0 Å². The molecule has 52 heavy (non-hydrogen) atoms. The standard InChI is InChI=1S/C51H34O/c1-51(2)49-34-16-4-3-14-31(34)26-28-42(49)41-23-13-24-43(50(41)51)48-39-21-9-7-19-37(39)47(38-20-8-10-22-40(38)48)36-18-6-5-15-33(36)32-27-29-46-44(30-32)35-17-11-12-25-45(35)52-46/h3-30H,1-2H3. The Morgan fingerprint density at radius 2 is 0.865 bits per heavy atom. The van der Waals surface area contributed by atoms with Crippen molar-refractivity contribution in [1.29, 1.82) is 0 Å². The molecular formula is C51H34O. The molecule has 244 valence electrons. The molecule has 0 unspecified atom stereocenters. The van der Waals surface area contributed by atoms with Crippen molar-refractivity contribution in [1.82, 2.24) is 0 Å². The lowest BCUT2D eigenvalue weighted by molar-refractivity contribution is 0.668. The molecule has 1 nitrogen and oxygen atoms in total. The first-order valence-corrected chi connectivity index (χ1v) is 18.2. The van der Waals surface area contributed by atoms with Crippen LogP contribution in [0.4, 0.5) is 0 Å². The number of hydrogen-bond donors (Lipinski definition) is 0. The van der Waals surface area contributed by atoms with Crippen LogP contribution in [0.2, 0.25) is 0 Å². The predicted octanol–water partition coefficient (Wildman–Crippen LogP) is 14.4. The Morgan fingerprint density at radius 1 is 0.346 bits per heavy atom. The normalized spacial score (nSPS) is 13.3. The van der Waals surface area contributed by atoms with Gasteiger partial charge in [-0.3, -0.25) is 0 Å². The Hall–Kier alpha value is -6.44. The number of hydrogen-bond acceptors (Lipinski definition) is 1. The Labute approximate surface area is 302 Å². The number of rotatable bonds is 3. The summed E-state index contributed by atoms with van der Waals surface area (Å²) in [4.78, 5) is 0. The van der Waals surface area contributed by atoms with Crippen molar-refractivity contribution < 1.29 is 4.42 Å². The van der Waals surface area contributed by atoms with Crippen LogP contribution in [0.25, 0.3) is 98.8 Å². The summed E-state index contributed by atoms with van der Waals surface area (Å²) in [5, 5.41) is 9.98. The fraction of sp³-hybridized carbons (Fsp3) is 0.0588. The van der Waals surface area contributed by atoms with Gasteiger partial charge in [0.05, 0.1) is 0 Å². The van der Waals surface area contributed by atoms with Gasteiger partial charge in [-0.25, -0.2) is 0 Å². The first-order chi connectivity index (χ1) is 25.6. The molecule has 0 amide bonds.